The van der Waals surface area contributed by atoms with E-state index < -0.39 is 0 Å². The van der Waals surface area contributed by atoms with Gasteiger partial charge in [0.25, 0.3) is 0 Å². The molecular formula is C17H34N2O. The van der Waals surface area contributed by atoms with Crippen molar-refractivity contribution in [3.8, 4) is 0 Å². The third-order valence-corrected chi connectivity index (χ3v) is 4.73. The van der Waals surface area contributed by atoms with Gasteiger partial charge in [-0.25, -0.2) is 0 Å². The summed E-state index contributed by atoms with van der Waals surface area (Å²) in [7, 11) is 0. The van der Waals surface area contributed by atoms with Crippen LogP contribution in [0.25, 0.3) is 0 Å². The van der Waals surface area contributed by atoms with Crippen LogP contribution >= 0.6 is 0 Å². The topological polar surface area (TPSA) is 24.5 Å². The Balaban J connectivity index is 1.66. The molecule has 0 amide bonds. The molecule has 3 heteroatoms. The number of nitrogens with one attached hydrogen (secondary N) is 1. The molecule has 2 heterocycles. The molecule has 1 N–H and O–H groups in total. The van der Waals surface area contributed by atoms with E-state index in [1.807, 2.05) is 0 Å². The van der Waals surface area contributed by atoms with E-state index in [2.05, 4.69) is 44.8 Å². The van der Waals surface area contributed by atoms with Crippen molar-refractivity contribution in [3.63, 3.8) is 0 Å². The number of hydrogen-bond donors (Lipinski definition) is 1. The second-order valence-corrected chi connectivity index (χ2v) is 8.55. The Labute approximate surface area is 125 Å². The van der Waals surface area contributed by atoms with Gasteiger partial charge in [0.15, 0.2) is 0 Å². The first-order valence-electron chi connectivity index (χ1n) is 8.36. The van der Waals surface area contributed by atoms with Gasteiger partial charge in [0.2, 0.25) is 0 Å². The third-order valence-electron chi connectivity index (χ3n) is 4.73. The molecule has 2 saturated heterocycles. The summed E-state index contributed by atoms with van der Waals surface area (Å²) in [4.78, 5) is 2.61. The second kappa shape index (κ2) is 6.33. The molecule has 2 unspecified atom stereocenters. The zero-order valence-corrected chi connectivity index (χ0v) is 14.2. The van der Waals surface area contributed by atoms with Crippen molar-refractivity contribution in [2.45, 2.75) is 78.0 Å². The first-order valence-corrected chi connectivity index (χ1v) is 8.36. The molecular weight excluding hydrogens is 248 g/mol. The largest absolute Gasteiger partial charge is 0.372 e. The molecule has 0 saturated carbocycles. The highest BCUT2D eigenvalue weighted by Gasteiger charge is 2.30. The summed E-state index contributed by atoms with van der Waals surface area (Å²) in [5, 5.41) is 3.56. The van der Waals surface area contributed by atoms with Crippen molar-refractivity contribution >= 4 is 0 Å². The fraction of sp³-hybridized carbons (Fsp3) is 1.00. The molecule has 2 rings (SSSR count). The van der Waals surface area contributed by atoms with Gasteiger partial charge in [-0.05, 0) is 65.0 Å². The highest BCUT2D eigenvalue weighted by Crippen LogP contribution is 2.30. The summed E-state index contributed by atoms with van der Waals surface area (Å²) in [6, 6.07) is 0. The molecule has 0 aliphatic carbocycles. The quantitative estimate of drug-likeness (QED) is 0.858. The highest BCUT2D eigenvalue weighted by molar-refractivity contribution is 4.84. The van der Waals surface area contributed by atoms with Crippen molar-refractivity contribution in [3.05, 3.63) is 0 Å². The average Bonchev–Trinajstić information content (AvgIpc) is 2.76. The fourth-order valence-corrected chi connectivity index (χ4v) is 3.11. The molecule has 2 aliphatic heterocycles. The van der Waals surface area contributed by atoms with Crippen LogP contribution in [0.4, 0.5) is 0 Å². The van der Waals surface area contributed by atoms with Gasteiger partial charge >= 0.3 is 0 Å². The van der Waals surface area contributed by atoms with Gasteiger partial charge < -0.3 is 15.0 Å². The Bertz CT molecular complexity index is 299. The minimum absolute atomic E-state index is 0.194. The van der Waals surface area contributed by atoms with Gasteiger partial charge in [-0.15, -0.1) is 0 Å². The van der Waals surface area contributed by atoms with Crippen LogP contribution in [0.3, 0.4) is 0 Å². The first kappa shape index (κ1) is 16.3. The summed E-state index contributed by atoms with van der Waals surface area (Å²) in [6.07, 6.45) is 5.98. The molecule has 0 aromatic heterocycles. The van der Waals surface area contributed by atoms with E-state index in [-0.39, 0.29) is 5.54 Å². The fourth-order valence-electron chi connectivity index (χ4n) is 3.11. The van der Waals surface area contributed by atoms with Crippen molar-refractivity contribution in [2.24, 2.45) is 5.41 Å². The Kier molecular flexibility index (Phi) is 5.14. The van der Waals surface area contributed by atoms with Crippen molar-refractivity contribution < 1.29 is 4.74 Å². The Hall–Kier alpha value is -0.120. The lowest BCUT2D eigenvalue weighted by atomic mass is 9.82. The van der Waals surface area contributed by atoms with E-state index in [0.717, 1.165) is 13.1 Å². The summed E-state index contributed by atoms with van der Waals surface area (Å²) in [5.74, 6) is 0. The molecule has 2 aliphatic rings. The molecule has 2 atom stereocenters. The molecule has 0 radical (unpaired) electrons. The SMILES string of the molecule is CC1(C)CCN(CC2CCC(CNC(C)(C)C)O2)CC1. The van der Waals surface area contributed by atoms with E-state index in [1.54, 1.807) is 0 Å². The second-order valence-electron chi connectivity index (χ2n) is 8.55. The molecule has 118 valence electrons. The van der Waals surface area contributed by atoms with Crippen molar-refractivity contribution in [2.75, 3.05) is 26.2 Å². The normalized spacial score (nSPS) is 31.6. The van der Waals surface area contributed by atoms with Gasteiger partial charge in [0.1, 0.15) is 0 Å². The van der Waals surface area contributed by atoms with E-state index >= 15 is 0 Å². The Morgan fingerprint density at radius 2 is 1.70 bits per heavy atom. The standard InChI is InChI=1S/C17H34N2O/c1-16(2,3)18-12-14-6-7-15(20-14)13-19-10-8-17(4,5)9-11-19/h14-15,18H,6-13H2,1-5H3. The molecule has 0 aromatic rings. The van der Waals surface area contributed by atoms with Crippen LogP contribution in [0.1, 0.15) is 60.3 Å². The minimum Gasteiger partial charge on any atom is -0.372 e. The summed E-state index contributed by atoms with van der Waals surface area (Å²) < 4.78 is 6.21. The van der Waals surface area contributed by atoms with E-state index in [9.17, 15) is 0 Å². The smallest absolute Gasteiger partial charge is 0.0707 e. The van der Waals surface area contributed by atoms with Gasteiger partial charge in [-0.1, -0.05) is 13.8 Å². The van der Waals surface area contributed by atoms with Crippen LogP contribution in [0.5, 0.6) is 0 Å². The van der Waals surface area contributed by atoms with Crippen LogP contribution in [-0.4, -0.2) is 48.8 Å². The lowest BCUT2D eigenvalue weighted by molar-refractivity contribution is 0.00945. The molecule has 20 heavy (non-hydrogen) atoms. The maximum Gasteiger partial charge on any atom is 0.0707 e. The Morgan fingerprint density at radius 1 is 1.10 bits per heavy atom. The maximum atomic E-state index is 6.21. The first-order chi connectivity index (χ1) is 9.23. The van der Waals surface area contributed by atoms with Crippen LogP contribution in [0.2, 0.25) is 0 Å². The maximum absolute atomic E-state index is 6.21. The van der Waals surface area contributed by atoms with Gasteiger partial charge in [0.05, 0.1) is 12.2 Å². The Morgan fingerprint density at radius 3 is 2.30 bits per heavy atom. The lowest BCUT2D eigenvalue weighted by Crippen LogP contribution is -2.43. The predicted molar refractivity (Wildman–Crippen MR) is 85.1 cm³/mol. The molecule has 2 fully saturated rings. The van der Waals surface area contributed by atoms with E-state index in [0.29, 0.717) is 17.6 Å². The van der Waals surface area contributed by atoms with Gasteiger partial charge in [0, 0.05) is 18.6 Å². The number of hydrogen-bond acceptors (Lipinski definition) is 3. The summed E-state index contributed by atoms with van der Waals surface area (Å²) >= 11 is 0. The molecule has 0 spiro atoms. The third kappa shape index (κ3) is 5.34. The lowest BCUT2D eigenvalue weighted by Gasteiger charge is -2.37. The highest BCUT2D eigenvalue weighted by atomic mass is 16.5. The molecule has 0 aromatic carbocycles. The number of nitrogens with zero attached hydrogens (tertiary/aromatic N) is 1. The van der Waals surface area contributed by atoms with Crippen LogP contribution in [0, 0.1) is 5.41 Å². The molecule has 3 nitrogen and oxygen atoms in total. The monoisotopic (exact) mass is 282 g/mol. The van der Waals surface area contributed by atoms with Crippen LogP contribution < -0.4 is 5.32 Å². The van der Waals surface area contributed by atoms with E-state index in [4.69, 9.17) is 4.74 Å². The van der Waals surface area contributed by atoms with Crippen molar-refractivity contribution in [1.82, 2.24) is 10.2 Å². The zero-order chi connectivity index (χ0) is 14.8. The predicted octanol–water partition coefficient (Wildman–Crippen LogP) is 3.04. The average molecular weight is 282 g/mol. The van der Waals surface area contributed by atoms with Gasteiger partial charge in [-0.2, -0.15) is 0 Å². The molecule has 0 bridgehead atoms. The number of likely N-dealkylation sites (tertiary alicyclic amines) is 1. The number of ether oxygens (including phenoxy) is 1. The van der Waals surface area contributed by atoms with Crippen LogP contribution in [0.15, 0.2) is 0 Å². The number of piperidine rings is 1. The summed E-state index contributed by atoms with van der Waals surface area (Å²) in [6.45, 7) is 16.1. The summed E-state index contributed by atoms with van der Waals surface area (Å²) in [5.41, 5.74) is 0.742. The van der Waals surface area contributed by atoms with Gasteiger partial charge in [-0.3, -0.25) is 0 Å². The minimum atomic E-state index is 0.194. The zero-order valence-electron chi connectivity index (χ0n) is 14.2. The number of rotatable bonds is 4. The van der Waals surface area contributed by atoms with E-state index in [1.165, 1.54) is 38.8 Å². The van der Waals surface area contributed by atoms with Crippen LogP contribution in [-0.2, 0) is 4.74 Å². The van der Waals surface area contributed by atoms with Crippen molar-refractivity contribution in [1.29, 1.82) is 0 Å².